The molecule has 1 aliphatic rings. The number of hydrogen-bond donors (Lipinski definition) is 3. The number of benzene rings is 1. The topological polar surface area (TPSA) is 96.6 Å². The molecule has 200 valence electrons. The monoisotopic (exact) mass is 527 g/mol. The lowest BCUT2D eigenvalue weighted by Crippen LogP contribution is -2.54. The van der Waals surface area contributed by atoms with Crippen LogP contribution in [-0.2, 0) is 13.0 Å². The number of halogens is 3. The molecule has 3 atom stereocenters. The van der Waals surface area contributed by atoms with Crippen LogP contribution in [0, 0.1) is 11.3 Å². The van der Waals surface area contributed by atoms with Gasteiger partial charge in [-0.25, -0.2) is 0 Å². The van der Waals surface area contributed by atoms with Crippen LogP contribution in [0.5, 0.6) is 5.75 Å². The molecular weight excluding hydrogens is 492 g/mol. The number of aromatic nitrogens is 2. The summed E-state index contributed by atoms with van der Waals surface area (Å²) >= 11 is 6.60. The maximum absolute atomic E-state index is 13.3. The summed E-state index contributed by atoms with van der Waals surface area (Å²) in [5, 5.41) is 28.1. The number of nitrogens with one attached hydrogen (secondary N) is 1. The van der Waals surface area contributed by atoms with E-state index in [0.717, 1.165) is 12.0 Å². The highest BCUT2D eigenvalue weighted by atomic mass is 35.5. The predicted octanol–water partition coefficient (Wildman–Crippen LogP) is 5.06. The van der Waals surface area contributed by atoms with Gasteiger partial charge in [0.05, 0.1) is 16.8 Å². The molecule has 3 N–H and O–H groups in total. The maximum Gasteiger partial charge on any atom is 0.387 e. The molecule has 1 aromatic carbocycles. The lowest BCUT2D eigenvalue weighted by Gasteiger charge is -2.39. The molecular formula is C26H36ClF2N3O4. The smallest absolute Gasteiger partial charge is 0.387 e. The van der Waals surface area contributed by atoms with Crippen LogP contribution in [0.15, 0.2) is 18.2 Å². The Morgan fingerprint density at radius 1 is 1.39 bits per heavy atom. The lowest BCUT2D eigenvalue weighted by molar-refractivity contribution is -0.106. The number of amides is 1. The summed E-state index contributed by atoms with van der Waals surface area (Å²) < 4.78 is 32.9. The minimum absolute atomic E-state index is 0.0122. The van der Waals surface area contributed by atoms with Gasteiger partial charge in [0.15, 0.2) is 5.69 Å². The van der Waals surface area contributed by atoms with Crippen LogP contribution < -0.4 is 10.1 Å². The average molecular weight is 528 g/mol. The van der Waals surface area contributed by atoms with E-state index in [1.807, 2.05) is 33.8 Å². The summed E-state index contributed by atoms with van der Waals surface area (Å²) in [5.74, 6) is -0.398. The van der Waals surface area contributed by atoms with E-state index in [2.05, 4.69) is 10.4 Å². The number of carbonyl (C=O) groups is 1. The Kier molecular flexibility index (Phi) is 8.68. The van der Waals surface area contributed by atoms with Crippen LogP contribution in [0.2, 0.25) is 5.02 Å². The summed E-state index contributed by atoms with van der Waals surface area (Å²) in [6.45, 7) is 7.05. The zero-order chi connectivity index (χ0) is 26.8. The second-order valence-electron chi connectivity index (χ2n) is 11.0. The van der Waals surface area contributed by atoms with Gasteiger partial charge < -0.3 is 20.3 Å². The molecule has 10 heteroatoms. The van der Waals surface area contributed by atoms with Crippen molar-refractivity contribution in [2.45, 2.75) is 85.2 Å². The highest BCUT2D eigenvalue weighted by Gasteiger charge is 2.40. The number of aryl methyl sites for hydroxylation is 1. The second kappa shape index (κ2) is 11.0. The number of nitrogens with zero attached hydrogens (tertiary/aromatic N) is 2. The summed E-state index contributed by atoms with van der Waals surface area (Å²) in [6, 6.07) is 5.04. The van der Waals surface area contributed by atoms with Crippen molar-refractivity contribution >= 4 is 17.5 Å². The minimum Gasteiger partial charge on any atom is -0.434 e. The first-order valence-corrected chi connectivity index (χ1v) is 12.6. The van der Waals surface area contributed by atoms with E-state index in [1.165, 1.54) is 4.68 Å². The molecule has 36 heavy (non-hydrogen) atoms. The normalized spacial score (nSPS) is 22.6. The summed E-state index contributed by atoms with van der Waals surface area (Å²) in [6.07, 6.45) is 1.22. The van der Waals surface area contributed by atoms with Crippen LogP contribution in [0.1, 0.15) is 69.9 Å². The van der Waals surface area contributed by atoms with E-state index in [0.29, 0.717) is 31.4 Å². The molecule has 2 aromatic rings. The predicted molar refractivity (Wildman–Crippen MR) is 134 cm³/mol. The van der Waals surface area contributed by atoms with Crippen molar-refractivity contribution in [2.75, 3.05) is 6.54 Å². The van der Waals surface area contributed by atoms with Crippen molar-refractivity contribution < 1.29 is 28.5 Å². The molecule has 1 heterocycles. The Labute approximate surface area is 215 Å². The van der Waals surface area contributed by atoms with E-state index in [1.54, 1.807) is 19.1 Å². The van der Waals surface area contributed by atoms with E-state index < -0.39 is 24.2 Å². The molecule has 1 unspecified atom stereocenters. The van der Waals surface area contributed by atoms with Crippen molar-refractivity contribution in [3.05, 3.63) is 34.5 Å². The number of aliphatic hydroxyl groups excluding tert-OH is 1. The Balaban J connectivity index is 1.92. The Morgan fingerprint density at radius 2 is 2.08 bits per heavy atom. The Bertz CT molecular complexity index is 1090. The van der Waals surface area contributed by atoms with Gasteiger partial charge in [0.2, 0.25) is 0 Å². The van der Waals surface area contributed by atoms with Gasteiger partial charge >= 0.3 is 6.61 Å². The molecule has 1 saturated carbocycles. The van der Waals surface area contributed by atoms with Crippen molar-refractivity contribution in [3.63, 3.8) is 0 Å². The summed E-state index contributed by atoms with van der Waals surface area (Å²) in [4.78, 5) is 13.0. The second-order valence-corrected chi connectivity index (χ2v) is 11.3. The standard InChI is InChI=1S/C26H36ClF2N3O4/c1-6-32-22(17-8-7-16(13-25(3,4)5)12-18(17)36-24(28)29)20(27)21(31-32)23(34)30-14-26(35)10-9-15(2)11-19(26)33/h7-8,12,15,19,24,33,35H,6,9-11,13-14H2,1-5H3,(H,30,34)/t15-,19?,26+/m1/s1. The fourth-order valence-electron chi connectivity index (χ4n) is 4.65. The summed E-state index contributed by atoms with van der Waals surface area (Å²) in [5.41, 5.74) is -0.198. The van der Waals surface area contributed by atoms with Gasteiger partial charge in [-0.2, -0.15) is 13.9 Å². The van der Waals surface area contributed by atoms with Gasteiger partial charge in [0, 0.05) is 18.7 Å². The fraction of sp³-hybridized carbons (Fsp3) is 0.615. The first-order valence-electron chi connectivity index (χ1n) is 12.3. The SMILES string of the molecule is CCn1nc(C(=O)NC[C@@]2(O)CC[C@@H](C)CC2O)c(Cl)c1-c1ccc(CC(C)(C)C)cc1OC(F)F. The van der Waals surface area contributed by atoms with Gasteiger partial charge in [0.1, 0.15) is 11.4 Å². The van der Waals surface area contributed by atoms with Crippen LogP contribution in [0.25, 0.3) is 11.3 Å². The number of carbonyl (C=O) groups excluding carboxylic acids is 1. The van der Waals surface area contributed by atoms with E-state index in [9.17, 15) is 23.8 Å². The van der Waals surface area contributed by atoms with Gasteiger partial charge in [-0.15, -0.1) is 0 Å². The number of rotatable bonds is 8. The molecule has 1 aromatic heterocycles. The quantitative estimate of drug-likeness (QED) is 0.446. The number of ether oxygens (including phenoxy) is 1. The molecule has 1 fully saturated rings. The number of hydrogen-bond acceptors (Lipinski definition) is 5. The van der Waals surface area contributed by atoms with E-state index in [4.69, 9.17) is 16.3 Å². The van der Waals surface area contributed by atoms with Crippen molar-refractivity contribution in [1.29, 1.82) is 0 Å². The average Bonchev–Trinajstić information content (AvgIpc) is 3.10. The van der Waals surface area contributed by atoms with Gasteiger partial charge in [-0.3, -0.25) is 9.48 Å². The first kappa shape index (κ1) is 28.3. The van der Waals surface area contributed by atoms with Crippen molar-refractivity contribution in [3.8, 4) is 17.0 Å². The zero-order valence-electron chi connectivity index (χ0n) is 21.4. The van der Waals surface area contributed by atoms with E-state index >= 15 is 0 Å². The molecule has 0 saturated heterocycles. The molecule has 0 aliphatic heterocycles. The van der Waals surface area contributed by atoms with Crippen LogP contribution in [0.4, 0.5) is 8.78 Å². The molecule has 3 rings (SSSR count). The Morgan fingerprint density at radius 3 is 2.67 bits per heavy atom. The van der Waals surface area contributed by atoms with Gasteiger partial charge in [-0.05, 0) is 61.6 Å². The maximum atomic E-state index is 13.3. The molecule has 1 aliphatic carbocycles. The molecule has 0 radical (unpaired) electrons. The molecule has 0 spiro atoms. The zero-order valence-corrected chi connectivity index (χ0v) is 22.2. The number of alkyl halides is 2. The first-order chi connectivity index (χ1) is 16.7. The van der Waals surface area contributed by atoms with Crippen molar-refractivity contribution in [1.82, 2.24) is 15.1 Å². The third-order valence-corrected chi connectivity index (χ3v) is 6.89. The van der Waals surface area contributed by atoms with Gasteiger partial charge in [0.25, 0.3) is 5.91 Å². The fourth-order valence-corrected chi connectivity index (χ4v) is 4.98. The molecule has 1 amide bonds. The Hall–Kier alpha value is -2.23. The molecule has 7 nitrogen and oxygen atoms in total. The molecule has 0 bridgehead atoms. The largest absolute Gasteiger partial charge is 0.434 e. The van der Waals surface area contributed by atoms with E-state index in [-0.39, 0.29) is 40.0 Å². The highest BCUT2D eigenvalue weighted by Crippen LogP contribution is 2.39. The van der Waals surface area contributed by atoms with Crippen LogP contribution in [-0.4, -0.2) is 50.8 Å². The van der Waals surface area contributed by atoms with Crippen LogP contribution >= 0.6 is 11.6 Å². The highest BCUT2D eigenvalue weighted by molar-refractivity contribution is 6.36. The minimum atomic E-state index is -3.04. The van der Waals surface area contributed by atoms with Gasteiger partial charge in [-0.1, -0.05) is 45.4 Å². The van der Waals surface area contributed by atoms with Crippen molar-refractivity contribution in [2.24, 2.45) is 11.3 Å². The lowest BCUT2D eigenvalue weighted by atomic mass is 9.77. The third kappa shape index (κ3) is 6.55. The summed E-state index contributed by atoms with van der Waals surface area (Å²) in [7, 11) is 0. The number of aliphatic hydroxyl groups is 2. The van der Waals surface area contributed by atoms with Crippen LogP contribution in [0.3, 0.4) is 0 Å². The third-order valence-electron chi connectivity index (χ3n) is 6.53.